The molecule has 0 bridgehead atoms. The highest BCUT2D eigenvalue weighted by molar-refractivity contribution is 7.18. The standard InChI is InChI=1S/C13H20N4O2S/c1-9-3-2-4-17(9)12(18)10-11(14)15-13(20-10)16-5-7-19-8-6-16/h9H,2-8,14H2,1H3. The Hall–Kier alpha value is -1.34. The molecule has 0 saturated carbocycles. The maximum absolute atomic E-state index is 12.5. The summed E-state index contributed by atoms with van der Waals surface area (Å²) >= 11 is 1.41. The van der Waals surface area contributed by atoms with Crippen molar-refractivity contribution in [3.63, 3.8) is 0 Å². The Morgan fingerprint density at radius 3 is 2.80 bits per heavy atom. The summed E-state index contributed by atoms with van der Waals surface area (Å²) in [6, 6.07) is 0.302. The van der Waals surface area contributed by atoms with Crippen LogP contribution < -0.4 is 10.6 Å². The van der Waals surface area contributed by atoms with E-state index in [4.69, 9.17) is 10.5 Å². The lowest BCUT2D eigenvalue weighted by Crippen LogP contribution is -2.36. The van der Waals surface area contributed by atoms with Crippen LogP contribution in [0.2, 0.25) is 0 Å². The summed E-state index contributed by atoms with van der Waals surface area (Å²) in [7, 11) is 0. The number of nitrogens with zero attached hydrogens (tertiary/aromatic N) is 3. The lowest BCUT2D eigenvalue weighted by atomic mass is 10.2. The Labute approximate surface area is 122 Å². The van der Waals surface area contributed by atoms with Gasteiger partial charge in [-0.1, -0.05) is 11.3 Å². The SMILES string of the molecule is CC1CCCN1C(=O)c1sc(N2CCOCC2)nc1N. The molecule has 7 heteroatoms. The lowest BCUT2D eigenvalue weighted by molar-refractivity contribution is 0.0753. The smallest absolute Gasteiger partial charge is 0.268 e. The number of rotatable bonds is 2. The molecule has 3 rings (SSSR count). The minimum atomic E-state index is 0.0320. The number of hydrogen-bond donors (Lipinski definition) is 1. The van der Waals surface area contributed by atoms with Crippen LogP contribution in [-0.4, -0.2) is 54.7 Å². The minimum absolute atomic E-state index is 0.0320. The number of nitrogens with two attached hydrogens (primary N) is 1. The number of carbonyl (C=O) groups is 1. The van der Waals surface area contributed by atoms with Crippen molar-refractivity contribution in [2.75, 3.05) is 43.5 Å². The van der Waals surface area contributed by atoms with Gasteiger partial charge in [-0.25, -0.2) is 4.98 Å². The molecular weight excluding hydrogens is 276 g/mol. The van der Waals surface area contributed by atoms with E-state index in [-0.39, 0.29) is 5.91 Å². The van der Waals surface area contributed by atoms with Crippen LogP contribution in [0.1, 0.15) is 29.4 Å². The second-order valence-electron chi connectivity index (χ2n) is 5.30. The average molecular weight is 296 g/mol. The van der Waals surface area contributed by atoms with Crippen LogP contribution in [-0.2, 0) is 4.74 Å². The summed E-state index contributed by atoms with van der Waals surface area (Å²) in [6.45, 7) is 5.93. The molecule has 0 aromatic carbocycles. The van der Waals surface area contributed by atoms with Crippen molar-refractivity contribution in [1.29, 1.82) is 0 Å². The van der Waals surface area contributed by atoms with Gasteiger partial charge in [-0.3, -0.25) is 4.79 Å². The molecule has 2 saturated heterocycles. The Morgan fingerprint density at radius 2 is 2.15 bits per heavy atom. The van der Waals surface area contributed by atoms with E-state index in [0.29, 0.717) is 30.0 Å². The molecule has 1 aromatic heterocycles. The third-order valence-corrected chi connectivity index (χ3v) is 5.05. The van der Waals surface area contributed by atoms with Crippen molar-refractivity contribution < 1.29 is 9.53 Å². The highest BCUT2D eigenvalue weighted by Crippen LogP contribution is 2.31. The zero-order chi connectivity index (χ0) is 14.1. The first-order valence-corrected chi connectivity index (χ1v) is 7.88. The fourth-order valence-corrected chi connectivity index (χ4v) is 3.72. The van der Waals surface area contributed by atoms with E-state index in [1.807, 2.05) is 4.90 Å². The Kier molecular flexibility index (Phi) is 3.80. The number of carbonyl (C=O) groups excluding carboxylic acids is 1. The lowest BCUT2D eigenvalue weighted by Gasteiger charge is -2.26. The molecule has 1 atom stereocenters. The largest absolute Gasteiger partial charge is 0.382 e. The molecule has 0 radical (unpaired) electrons. The highest BCUT2D eigenvalue weighted by Gasteiger charge is 2.30. The van der Waals surface area contributed by atoms with Gasteiger partial charge in [-0.05, 0) is 19.8 Å². The normalized spacial score (nSPS) is 23.4. The molecule has 1 amide bonds. The first-order valence-electron chi connectivity index (χ1n) is 7.07. The first-order chi connectivity index (χ1) is 9.66. The molecule has 1 unspecified atom stereocenters. The topological polar surface area (TPSA) is 71.7 Å². The third kappa shape index (κ3) is 2.47. The van der Waals surface area contributed by atoms with Gasteiger partial charge in [0.15, 0.2) is 5.13 Å². The molecule has 0 aliphatic carbocycles. The second-order valence-corrected chi connectivity index (χ2v) is 6.28. The van der Waals surface area contributed by atoms with Gasteiger partial charge in [0.1, 0.15) is 10.7 Å². The second kappa shape index (κ2) is 5.57. The van der Waals surface area contributed by atoms with E-state index in [0.717, 1.165) is 37.6 Å². The van der Waals surface area contributed by atoms with Crippen LogP contribution in [0.15, 0.2) is 0 Å². The summed E-state index contributed by atoms with van der Waals surface area (Å²) < 4.78 is 5.33. The van der Waals surface area contributed by atoms with E-state index in [2.05, 4.69) is 16.8 Å². The molecular formula is C13H20N4O2S. The van der Waals surface area contributed by atoms with Crippen molar-refractivity contribution in [3.8, 4) is 0 Å². The van der Waals surface area contributed by atoms with Crippen molar-refractivity contribution in [3.05, 3.63) is 4.88 Å². The molecule has 110 valence electrons. The Balaban J connectivity index is 1.79. The van der Waals surface area contributed by atoms with E-state index in [9.17, 15) is 4.79 Å². The number of anilines is 2. The maximum atomic E-state index is 12.5. The highest BCUT2D eigenvalue weighted by atomic mass is 32.1. The van der Waals surface area contributed by atoms with E-state index >= 15 is 0 Å². The molecule has 20 heavy (non-hydrogen) atoms. The van der Waals surface area contributed by atoms with Crippen molar-refractivity contribution >= 4 is 28.2 Å². The van der Waals surface area contributed by atoms with Crippen LogP contribution in [0, 0.1) is 0 Å². The number of nitrogen functional groups attached to an aromatic ring is 1. The van der Waals surface area contributed by atoms with Gasteiger partial charge in [0.25, 0.3) is 5.91 Å². The van der Waals surface area contributed by atoms with Crippen molar-refractivity contribution in [2.45, 2.75) is 25.8 Å². The molecule has 6 nitrogen and oxygen atoms in total. The fraction of sp³-hybridized carbons (Fsp3) is 0.692. The molecule has 3 heterocycles. The van der Waals surface area contributed by atoms with Crippen molar-refractivity contribution in [1.82, 2.24) is 9.88 Å². The van der Waals surface area contributed by atoms with Crippen LogP contribution in [0.25, 0.3) is 0 Å². The summed E-state index contributed by atoms with van der Waals surface area (Å²) in [5, 5.41) is 0.834. The first kappa shape index (κ1) is 13.6. The van der Waals surface area contributed by atoms with Gasteiger partial charge in [-0.15, -0.1) is 0 Å². The fourth-order valence-electron chi connectivity index (χ4n) is 2.73. The summed E-state index contributed by atoms with van der Waals surface area (Å²) in [5.41, 5.74) is 5.96. The molecule has 2 fully saturated rings. The van der Waals surface area contributed by atoms with Crippen LogP contribution in [0.3, 0.4) is 0 Å². The van der Waals surface area contributed by atoms with Crippen LogP contribution in [0.5, 0.6) is 0 Å². The van der Waals surface area contributed by atoms with Crippen LogP contribution >= 0.6 is 11.3 Å². The van der Waals surface area contributed by atoms with E-state index in [1.165, 1.54) is 11.3 Å². The van der Waals surface area contributed by atoms with Crippen LogP contribution in [0.4, 0.5) is 10.9 Å². The molecule has 1 aromatic rings. The number of hydrogen-bond acceptors (Lipinski definition) is 6. The number of thiazole rings is 1. The molecule has 2 aliphatic heterocycles. The van der Waals surface area contributed by atoms with Gasteiger partial charge >= 0.3 is 0 Å². The predicted molar refractivity (Wildman–Crippen MR) is 79.3 cm³/mol. The third-order valence-electron chi connectivity index (χ3n) is 3.93. The maximum Gasteiger partial charge on any atom is 0.268 e. The zero-order valence-electron chi connectivity index (χ0n) is 11.7. The van der Waals surface area contributed by atoms with Gasteiger partial charge in [0, 0.05) is 25.7 Å². The zero-order valence-corrected chi connectivity index (χ0v) is 12.5. The summed E-state index contributed by atoms with van der Waals surface area (Å²) in [4.78, 5) is 21.5. The van der Waals surface area contributed by atoms with Gasteiger partial charge < -0.3 is 20.3 Å². The predicted octanol–water partition coefficient (Wildman–Crippen LogP) is 1.19. The molecule has 2 N–H and O–H groups in total. The summed E-state index contributed by atoms with van der Waals surface area (Å²) in [5.74, 6) is 0.394. The van der Waals surface area contributed by atoms with Gasteiger partial charge in [0.2, 0.25) is 0 Å². The number of ether oxygens (including phenoxy) is 1. The number of likely N-dealkylation sites (tertiary alicyclic amines) is 1. The van der Waals surface area contributed by atoms with Crippen molar-refractivity contribution in [2.24, 2.45) is 0 Å². The average Bonchev–Trinajstić information content (AvgIpc) is 3.05. The molecule has 0 spiro atoms. The number of aromatic nitrogens is 1. The van der Waals surface area contributed by atoms with Gasteiger partial charge in [-0.2, -0.15) is 0 Å². The number of amides is 1. The Bertz CT molecular complexity index is 499. The quantitative estimate of drug-likeness (QED) is 0.887. The van der Waals surface area contributed by atoms with Gasteiger partial charge in [0.05, 0.1) is 13.2 Å². The minimum Gasteiger partial charge on any atom is -0.382 e. The molecule has 2 aliphatic rings. The van der Waals surface area contributed by atoms with E-state index < -0.39 is 0 Å². The summed E-state index contributed by atoms with van der Waals surface area (Å²) in [6.07, 6.45) is 2.14. The monoisotopic (exact) mass is 296 g/mol. The Morgan fingerprint density at radius 1 is 1.40 bits per heavy atom. The van der Waals surface area contributed by atoms with E-state index in [1.54, 1.807) is 0 Å². The number of morpholine rings is 1.